The van der Waals surface area contributed by atoms with Gasteiger partial charge in [0.2, 0.25) is 0 Å². The maximum absolute atomic E-state index is 13.2. The second-order valence-corrected chi connectivity index (χ2v) is 7.35. The van der Waals surface area contributed by atoms with E-state index in [1.54, 1.807) is 12.1 Å². The molecule has 0 bridgehead atoms. The van der Waals surface area contributed by atoms with Crippen molar-refractivity contribution < 1.29 is 4.39 Å². The lowest BCUT2D eigenvalue weighted by atomic mass is 10.1. The Balaban J connectivity index is 1.46. The summed E-state index contributed by atoms with van der Waals surface area (Å²) in [4.78, 5) is 7.35. The lowest BCUT2D eigenvalue weighted by Gasteiger charge is -2.20. The van der Waals surface area contributed by atoms with Crippen LogP contribution in [0.5, 0.6) is 0 Å². The summed E-state index contributed by atoms with van der Waals surface area (Å²) in [6, 6.07) is 8.82. The number of halogens is 1. The van der Waals surface area contributed by atoms with E-state index >= 15 is 0 Å². The predicted molar refractivity (Wildman–Crippen MR) is 101 cm³/mol. The Morgan fingerprint density at radius 3 is 2.92 bits per heavy atom. The van der Waals surface area contributed by atoms with E-state index in [9.17, 15) is 4.39 Å². The molecule has 3 rings (SSSR count). The lowest BCUT2D eigenvalue weighted by molar-refractivity contribution is 0.256. The first-order chi connectivity index (χ1) is 12.2. The SMILES string of the molecule is CCNC(=NCCCc1cccc(F)c1)NC1CC(C)N(C2CC2)C1. The van der Waals surface area contributed by atoms with Gasteiger partial charge in [-0.2, -0.15) is 0 Å². The molecule has 1 saturated carbocycles. The maximum atomic E-state index is 13.2. The molecule has 1 aromatic carbocycles. The summed E-state index contributed by atoms with van der Waals surface area (Å²) in [5.41, 5.74) is 1.04. The zero-order valence-corrected chi connectivity index (χ0v) is 15.5. The average molecular weight is 346 g/mol. The lowest BCUT2D eigenvalue weighted by Crippen LogP contribution is -2.44. The molecule has 2 N–H and O–H groups in total. The fraction of sp³-hybridized carbons (Fsp3) is 0.650. The summed E-state index contributed by atoms with van der Waals surface area (Å²) in [6.07, 6.45) is 5.70. The van der Waals surface area contributed by atoms with E-state index in [0.29, 0.717) is 12.1 Å². The highest BCUT2D eigenvalue weighted by Gasteiger charge is 2.38. The molecule has 138 valence electrons. The molecule has 25 heavy (non-hydrogen) atoms. The summed E-state index contributed by atoms with van der Waals surface area (Å²) >= 11 is 0. The van der Waals surface area contributed by atoms with E-state index in [2.05, 4.69) is 29.4 Å². The van der Waals surface area contributed by atoms with E-state index < -0.39 is 0 Å². The van der Waals surface area contributed by atoms with E-state index in [0.717, 1.165) is 50.0 Å². The van der Waals surface area contributed by atoms with Crippen LogP contribution < -0.4 is 10.6 Å². The molecule has 1 aromatic rings. The molecule has 2 unspecified atom stereocenters. The van der Waals surface area contributed by atoms with Crippen molar-refractivity contribution in [3.63, 3.8) is 0 Å². The first-order valence-corrected chi connectivity index (χ1v) is 9.70. The Labute approximate surface area is 150 Å². The first-order valence-electron chi connectivity index (χ1n) is 9.70. The number of likely N-dealkylation sites (tertiary alicyclic amines) is 1. The molecule has 4 nitrogen and oxygen atoms in total. The van der Waals surface area contributed by atoms with Crippen LogP contribution in [0.2, 0.25) is 0 Å². The fourth-order valence-corrected chi connectivity index (χ4v) is 3.76. The second-order valence-electron chi connectivity index (χ2n) is 7.35. The van der Waals surface area contributed by atoms with Gasteiger partial charge < -0.3 is 10.6 Å². The van der Waals surface area contributed by atoms with Crippen molar-refractivity contribution in [2.45, 2.75) is 64.1 Å². The van der Waals surface area contributed by atoms with E-state index in [1.165, 1.54) is 25.3 Å². The van der Waals surface area contributed by atoms with Crippen LogP contribution >= 0.6 is 0 Å². The van der Waals surface area contributed by atoms with E-state index in [4.69, 9.17) is 4.99 Å². The van der Waals surface area contributed by atoms with Gasteiger partial charge in [0, 0.05) is 37.8 Å². The summed E-state index contributed by atoms with van der Waals surface area (Å²) in [7, 11) is 0. The molecule has 2 aliphatic rings. The van der Waals surface area contributed by atoms with Crippen molar-refractivity contribution in [2.24, 2.45) is 4.99 Å². The number of guanidine groups is 1. The minimum atomic E-state index is -0.161. The van der Waals surface area contributed by atoms with E-state index in [1.807, 2.05) is 6.07 Å². The number of nitrogens with zero attached hydrogens (tertiary/aromatic N) is 2. The van der Waals surface area contributed by atoms with Gasteiger partial charge >= 0.3 is 0 Å². The number of hydrogen-bond acceptors (Lipinski definition) is 2. The number of rotatable bonds is 7. The summed E-state index contributed by atoms with van der Waals surface area (Å²) in [6.45, 7) is 7.17. The van der Waals surface area contributed by atoms with Crippen molar-refractivity contribution in [1.82, 2.24) is 15.5 Å². The zero-order chi connectivity index (χ0) is 17.6. The highest BCUT2D eigenvalue weighted by molar-refractivity contribution is 5.80. The molecule has 2 fully saturated rings. The van der Waals surface area contributed by atoms with Crippen molar-refractivity contribution in [1.29, 1.82) is 0 Å². The number of aliphatic imine (C=N–C) groups is 1. The third kappa shape index (κ3) is 5.43. The molecule has 1 heterocycles. The molecular formula is C20H31FN4. The molecule has 0 radical (unpaired) electrons. The van der Waals surface area contributed by atoms with Gasteiger partial charge in [0.1, 0.15) is 5.82 Å². The Morgan fingerprint density at radius 2 is 2.20 bits per heavy atom. The number of benzene rings is 1. The highest BCUT2D eigenvalue weighted by atomic mass is 19.1. The molecule has 1 saturated heterocycles. The molecule has 1 aliphatic heterocycles. The van der Waals surface area contributed by atoms with Gasteiger partial charge in [-0.1, -0.05) is 12.1 Å². The van der Waals surface area contributed by atoms with Crippen LogP contribution in [0.15, 0.2) is 29.3 Å². The number of hydrogen-bond donors (Lipinski definition) is 2. The summed E-state index contributed by atoms with van der Waals surface area (Å²) in [5, 5.41) is 6.96. The van der Waals surface area contributed by atoms with Gasteiger partial charge in [0.05, 0.1) is 0 Å². The van der Waals surface area contributed by atoms with Crippen LogP contribution in [-0.2, 0) is 6.42 Å². The topological polar surface area (TPSA) is 39.7 Å². The minimum absolute atomic E-state index is 0.161. The third-order valence-corrected chi connectivity index (χ3v) is 5.11. The van der Waals surface area contributed by atoms with Gasteiger partial charge in [0.15, 0.2) is 5.96 Å². The van der Waals surface area contributed by atoms with Crippen LogP contribution in [0.3, 0.4) is 0 Å². The first kappa shape index (κ1) is 18.2. The smallest absolute Gasteiger partial charge is 0.191 e. The summed E-state index contributed by atoms with van der Waals surface area (Å²) in [5.74, 6) is 0.753. The Kier molecular flexibility index (Phi) is 6.29. The van der Waals surface area contributed by atoms with Gasteiger partial charge in [0.25, 0.3) is 0 Å². The highest BCUT2D eigenvalue weighted by Crippen LogP contribution is 2.33. The van der Waals surface area contributed by atoms with Gasteiger partial charge in [-0.25, -0.2) is 4.39 Å². The Hall–Kier alpha value is -1.62. The molecule has 0 spiro atoms. The van der Waals surface area contributed by atoms with Gasteiger partial charge in [-0.3, -0.25) is 9.89 Å². The maximum Gasteiger partial charge on any atom is 0.191 e. The largest absolute Gasteiger partial charge is 0.357 e. The molecule has 0 amide bonds. The minimum Gasteiger partial charge on any atom is -0.357 e. The predicted octanol–water partition coefficient (Wildman–Crippen LogP) is 2.94. The average Bonchev–Trinajstić information content (AvgIpc) is 3.35. The third-order valence-electron chi connectivity index (χ3n) is 5.11. The van der Waals surface area contributed by atoms with Gasteiger partial charge in [-0.05, 0) is 63.6 Å². The molecular weight excluding hydrogens is 315 g/mol. The van der Waals surface area contributed by atoms with Crippen molar-refractivity contribution in [3.05, 3.63) is 35.6 Å². The molecule has 5 heteroatoms. The van der Waals surface area contributed by atoms with Crippen LogP contribution in [-0.4, -0.2) is 48.6 Å². The van der Waals surface area contributed by atoms with Crippen molar-refractivity contribution in [2.75, 3.05) is 19.6 Å². The van der Waals surface area contributed by atoms with Crippen LogP contribution in [0.25, 0.3) is 0 Å². The normalized spacial score (nSPS) is 24.5. The summed E-state index contributed by atoms with van der Waals surface area (Å²) < 4.78 is 13.2. The Morgan fingerprint density at radius 1 is 1.36 bits per heavy atom. The van der Waals surface area contributed by atoms with Crippen LogP contribution in [0, 0.1) is 5.82 Å². The molecule has 2 atom stereocenters. The fourth-order valence-electron chi connectivity index (χ4n) is 3.76. The van der Waals surface area contributed by atoms with E-state index in [-0.39, 0.29) is 5.82 Å². The standard InChI is InChI=1S/C20H31FN4/c1-3-22-20(23-11-5-7-16-6-4-8-17(21)13-16)24-18-12-15(2)25(14-18)19-9-10-19/h4,6,8,13,15,18-19H,3,5,7,9-12,14H2,1-2H3,(H2,22,23,24). The molecule has 1 aliphatic carbocycles. The number of aryl methyl sites for hydroxylation is 1. The zero-order valence-electron chi connectivity index (χ0n) is 15.5. The monoisotopic (exact) mass is 346 g/mol. The van der Waals surface area contributed by atoms with Crippen LogP contribution in [0.1, 0.15) is 45.1 Å². The quantitative estimate of drug-likeness (QED) is 0.453. The van der Waals surface area contributed by atoms with Crippen LogP contribution in [0.4, 0.5) is 4.39 Å². The second kappa shape index (κ2) is 8.65. The molecule has 0 aromatic heterocycles. The van der Waals surface area contributed by atoms with Crippen molar-refractivity contribution in [3.8, 4) is 0 Å². The number of nitrogens with one attached hydrogen (secondary N) is 2. The van der Waals surface area contributed by atoms with Crippen molar-refractivity contribution >= 4 is 5.96 Å². The van der Waals surface area contributed by atoms with Gasteiger partial charge in [-0.15, -0.1) is 0 Å². The Bertz CT molecular complexity index is 585.